The first-order valence-electron chi connectivity index (χ1n) is 4.40. The maximum absolute atomic E-state index is 13.0. The van der Waals surface area contributed by atoms with Gasteiger partial charge in [-0.25, -0.2) is 4.39 Å². The number of hydrogen-bond donors (Lipinski definition) is 0. The van der Waals surface area contributed by atoms with Gasteiger partial charge in [0, 0.05) is 0 Å². The second-order valence-corrected chi connectivity index (χ2v) is 2.90. The van der Waals surface area contributed by atoms with E-state index in [9.17, 15) is 22.4 Å². The molecule has 0 heterocycles. The fourth-order valence-electron chi connectivity index (χ4n) is 1.09. The van der Waals surface area contributed by atoms with Gasteiger partial charge in [0.15, 0.2) is 0 Å². The largest absolute Gasteiger partial charge is 0.494 e. The minimum atomic E-state index is -5.09. The Bertz CT molecular complexity index is 398. The SMILES string of the molecule is CCOc1ccc(F)c(C(=O)C(F)(F)F)c1. The highest BCUT2D eigenvalue weighted by Crippen LogP contribution is 2.25. The Hall–Kier alpha value is -1.59. The maximum atomic E-state index is 13.0. The number of carbonyl (C=O) groups is 1. The van der Waals surface area contributed by atoms with E-state index in [1.807, 2.05) is 0 Å². The summed E-state index contributed by atoms with van der Waals surface area (Å²) in [6.45, 7) is 1.83. The predicted octanol–water partition coefficient (Wildman–Crippen LogP) is 2.97. The number of ether oxygens (including phenoxy) is 1. The van der Waals surface area contributed by atoms with Crippen LogP contribution in [0.3, 0.4) is 0 Å². The smallest absolute Gasteiger partial charge is 0.454 e. The van der Waals surface area contributed by atoms with Crippen LogP contribution in [-0.4, -0.2) is 18.6 Å². The Kier molecular flexibility index (Phi) is 3.51. The molecule has 0 aliphatic carbocycles. The lowest BCUT2D eigenvalue weighted by molar-refractivity contribution is -0.0887. The lowest BCUT2D eigenvalue weighted by Gasteiger charge is -2.08. The van der Waals surface area contributed by atoms with Gasteiger partial charge in [-0.05, 0) is 25.1 Å². The van der Waals surface area contributed by atoms with Crippen LogP contribution in [0.15, 0.2) is 18.2 Å². The molecular weight excluding hydrogens is 228 g/mol. The van der Waals surface area contributed by atoms with Crippen molar-refractivity contribution in [2.24, 2.45) is 0 Å². The zero-order chi connectivity index (χ0) is 12.3. The van der Waals surface area contributed by atoms with E-state index in [4.69, 9.17) is 4.74 Å². The first kappa shape index (κ1) is 12.5. The molecule has 1 rings (SSSR count). The maximum Gasteiger partial charge on any atom is 0.454 e. The van der Waals surface area contributed by atoms with Gasteiger partial charge in [-0.15, -0.1) is 0 Å². The van der Waals surface area contributed by atoms with Crippen LogP contribution in [0.25, 0.3) is 0 Å². The van der Waals surface area contributed by atoms with Gasteiger partial charge < -0.3 is 4.74 Å². The quantitative estimate of drug-likeness (QED) is 0.595. The molecule has 0 radical (unpaired) electrons. The van der Waals surface area contributed by atoms with Crippen molar-refractivity contribution >= 4 is 5.78 Å². The summed E-state index contributed by atoms with van der Waals surface area (Å²) >= 11 is 0. The molecule has 0 spiro atoms. The summed E-state index contributed by atoms with van der Waals surface area (Å²) in [5.74, 6) is -3.41. The van der Waals surface area contributed by atoms with E-state index < -0.39 is 23.3 Å². The van der Waals surface area contributed by atoms with Crippen molar-refractivity contribution < 1.29 is 27.1 Å². The van der Waals surface area contributed by atoms with Gasteiger partial charge in [0.05, 0.1) is 12.2 Å². The van der Waals surface area contributed by atoms with E-state index in [0.717, 1.165) is 18.2 Å². The van der Waals surface area contributed by atoms with Crippen molar-refractivity contribution in [3.63, 3.8) is 0 Å². The van der Waals surface area contributed by atoms with E-state index >= 15 is 0 Å². The number of benzene rings is 1. The highest BCUT2D eigenvalue weighted by Gasteiger charge is 2.40. The number of alkyl halides is 3. The Labute approximate surface area is 88.8 Å². The molecule has 1 aromatic carbocycles. The first-order chi connectivity index (χ1) is 7.36. The molecule has 0 aliphatic heterocycles. The third kappa shape index (κ3) is 2.71. The molecule has 0 N–H and O–H groups in total. The van der Waals surface area contributed by atoms with Crippen molar-refractivity contribution in [3.8, 4) is 5.75 Å². The van der Waals surface area contributed by atoms with Crippen LogP contribution in [-0.2, 0) is 0 Å². The van der Waals surface area contributed by atoms with Gasteiger partial charge in [-0.1, -0.05) is 0 Å². The van der Waals surface area contributed by atoms with Crippen molar-refractivity contribution in [2.45, 2.75) is 13.1 Å². The molecule has 2 nitrogen and oxygen atoms in total. The summed E-state index contributed by atoms with van der Waals surface area (Å²) in [5.41, 5.74) is -1.03. The van der Waals surface area contributed by atoms with Crippen LogP contribution in [0, 0.1) is 5.82 Å². The lowest BCUT2D eigenvalue weighted by Crippen LogP contribution is -2.23. The summed E-state index contributed by atoms with van der Waals surface area (Å²) in [7, 11) is 0. The second-order valence-electron chi connectivity index (χ2n) is 2.90. The summed E-state index contributed by atoms with van der Waals surface area (Å²) in [4.78, 5) is 10.8. The fraction of sp³-hybridized carbons (Fsp3) is 0.300. The molecule has 0 bridgehead atoms. The van der Waals surface area contributed by atoms with Crippen LogP contribution < -0.4 is 4.74 Å². The minimum absolute atomic E-state index is 0.0245. The second kappa shape index (κ2) is 4.51. The highest BCUT2D eigenvalue weighted by molar-refractivity contribution is 6.00. The third-order valence-corrected chi connectivity index (χ3v) is 1.75. The summed E-state index contributed by atoms with van der Waals surface area (Å²) < 4.78 is 54.1. The van der Waals surface area contributed by atoms with Gasteiger partial charge in [-0.3, -0.25) is 4.79 Å². The zero-order valence-corrected chi connectivity index (χ0v) is 8.27. The topological polar surface area (TPSA) is 26.3 Å². The van der Waals surface area contributed by atoms with Crippen molar-refractivity contribution in [3.05, 3.63) is 29.6 Å². The monoisotopic (exact) mass is 236 g/mol. The Morgan fingerprint density at radius 3 is 2.50 bits per heavy atom. The number of Topliss-reactive ketones (excluding diaryl/α,β-unsaturated/α-hetero) is 1. The average molecular weight is 236 g/mol. The van der Waals surface area contributed by atoms with Crippen LogP contribution in [0.5, 0.6) is 5.75 Å². The number of hydrogen-bond acceptors (Lipinski definition) is 2. The molecule has 0 unspecified atom stereocenters. The van der Waals surface area contributed by atoms with Gasteiger partial charge in [0.2, 0.25) is 0 Å². The molecule has 0 fully saturated rings. The Balaban J connectivity index is 3.12. The average Bonchev–Trinajstić information content (AvgIpc) is 2.19. The summed E-state index contributed by atoms with van der Waals surface area (Å²) in [5, 5.41) is 0. The van der Waals surface area contributed by atoms with Crippen LogP contribution in [0.2, 0.25) is 0 Å². The van der Waals surface area contributed by atoms with Gasteiger partial charge in [0.1, 0.15) is 11.6 Å². The number of ketones is 1. The Morgan fingerprint density at radius 2 is 2.00 bits per heavy atom. The standard InChI is InChI=1S/C10H8F4O2/c1-2-16-6-3-4-8(11)7(5-6)9(15)10(12,13)14/h3-5H,2H2,1H3. The predicted molar refractivity (Wildman–Crippen MR) is 48.0 cm³/mol. The molecule has 0 amide bonds. The molecule has 0 aliphatic rings. The summed E-state index contributed by atoms with van der Waals surface area (Å²) in [6, 6.07) is 2.67. The van der Waals surface area contributed by atoms with Gasteiger partial charge >= 0.3 is 6.18 Å². The minimum Gasteiger partial charge on any atom is -0.494 e. The lowest BCUT2D eigenvalue weighted by atomic mass is 10.1. The van der Waals surface area contributed by atoms with E-state index in [1.165, 1.54) is 0 Å². The molecule has 16 heavy (non-hydrogen) atoms. The zero-order valence-electron chi connectivity index (χ0n) is 8.27. The molecule has 0 atom stereocenters. The molecular formula is C10H8F4O2. The van der Waals surface area contributed by atoms with Crippen molar-refractivity contribution in [1.29, 1.82) is 0 Å². The van der Waals surface area contributed by atoms with E-state index in [1.54, 1.807) is 6.92 Å². The summed E-state index contributed by atoms with van der Waals surface area (Å²) in [6.07, 6.45) is -5.09. The fourth-order valence-corrected chi connectivity index (χ4v) is 1.09. The number of carbonyl (C=O) groups excluding carboxylic acids is 1. The third-order valence-electron chi connectivity index (χ3n) is 1.75. The molecule has 0 aromatic heterocycles. The highest BCUT2D eigenvalue weighted by atomic mass is 19.4. The molecule has 1 aromatic rings. The van der Waals surface area contributed by atoms with E-state index in [2.05, 4.69) is 0 Å². The van der Waals surface area contributed by atoms with Crippen molar-refractivity contribution in [1.82, 2.24) is 0 Å². The van der Waals surface area contributed by atoms with Gasteiger partial charge in [-0.2, -0.15) is 13.2 Å². The van der Waals surface area contributed by atoms with E-state index in [-0.39, 0.29) is 12.4 Å². The van der Waals surface area contributed by atoms with E-state index in [0.29, 0.717) is 0 Å². The molecule has 88 valence electrons. The Morgan fingerprint density at radius 1 is 1.38 bits per heavy atom. The van der Waals surface area contributed by atoms with Crippen molar-refractivity contribution in [2.75, 3.05) is 6.61 Å². The van der Waals surface area contributed by atoms with Crippen LogP contribution in [0.1, 0.15) is 17.3 Å². The molecule has 6 heteroatoms. The van der Waals surface area contributed by atoms with Crippen LogP contribution in [0.4, 0.5) is 17.6 Å². The van der Waals surface area contributed by atoms with Crippen LogP contribution >= 0.6 is 0 Å². The molecule has 0 saturated carbocycles. The number of halogens is 4. The molecule has 0 saturated heterocycles. The van der Waals surface area contributed by atoms with Gasteiger partial charge in [0.25, 0.3) is 5.78 Å². The normalized spacial score (nSPS) is 11.3. The first-order valence-corrected chi connectivity index (χ1v) is 4.40. The number of rotatable bonds is 3.